The molecule has 0 spiro atoms. The lowest BCUT2D eigenvalue weighted by molar-refractivity contribution is -0.139. The normalized spacial score (nSPS) is 11.5. The number of carbonyl (C=O) groups excluding carboxylic acids is 2. The fourth-order valence-electron chi connectivity index (χ4n) is 3.33. The molecule has 0 bridgehead atoms. The number of hydrogen-bond donors (Lipinski definition) is 2. The first-order valence-electron chi connectivity index (χ1n) is 9.64. The van der Waals surface area contributed by atoms with E-state index in [0.29, 0.717) is 22.3 Å². The van der Waals surface area contributed by atoms with Crippen LogP contribution in [0.15, 0.2) is 72.8 Å². The number of carboxylic acid groups (broad SMARTS) is 1. The number of hydrogen-bond acceptors (Lipinski definition) is 3. The standard InChI is InChI=1S/C25H23NO4/c1-16-12-17(2)14-21(13-16)24(28)26-22(25(29)30)15-18-8-10-20(11-9-18)23(27)19-6-4-3-5-7-19/h3-14,22H,15H2,1-2H3,(H,26,28)(H,29,30)/t22-/m0/s1. The fraction of sp³-hybridized carbons (Fsp3) is 0.160. The molecule has 3 aromatic rings. The van der Waals surface area contributed by atoms with Gasteiger partial charge in [-0.25, -0.2) is 4.79 Å². The highest BCUT2D eigenvalue weighted by molar-refractivity contribution is 6.08. The monoisotopic (exact) mass is 401 g/mol. The third kappa shape index (κ3) is 5.20. The van der Waals surface area contributed by atoms with Gasteiger partial charge in [0.2, 0.25) is 0 Å². The van der Waals surface area contributed by atoms with Gasteiger partial charge in [0.1, 0.15) is 6.04 Å². The summed E-state index contributed by atoms with van der Waals surface area (Å²) < 4.78 is 0. The number of carbonyl (C=O) groups is 3. The number of benzene rings is 3. The third-order valence-corrected chi connectivity index (χ3v) is 4.78. The molecule has 0 saturated carbocycles. The molecule has 1 atom stereocenters. The van der Waals surface area contributed by atoms with Crippen LogP contribution < -0.4 is 5.32 Å². The molecule has 1 amide bonds. The van der Waals surface area contributed by atoms with E-state index in [2.05, 4.69) is 5.32 Å². The lowest BCUT2D eigenvalue weighted by Gasteiger charge is -2.15. The van der Waals surface area contributed by atoms with E-state index >= 15 is 0 Å². The number of ketones is 1. The predicted molar refractivity (Wildman–Crippen MR) is 115 cm³/mol. The van der Waals surface area contributed by atoms with Crippen LogP contribution in [0.4, 0.5) is 0 Å². The molecule has 3 aromatic carbocycles. The summed E-state index contributed by atoms with van der Waals surface area (Å²) in [6.45, 7) is 3.77. The maximum absolute atomic E-state index is 12.5. The summed E-state index contributed by atoms with van der Waals surface area (Å²) in [5.74, 6) is -1.64. The summed E-state index contributed by atoms with van der Waals surface area (Å²) in [5, 5.41) is 12.2. The largest absolute Gasteiger partial charge is 0.480 e. The van der Waals surface area contributed by atoms with E-state index in [9.17, 15) is 19.5 Å². The molecular weight excluding hydrogens is 378 g/mol. The van der Waals surface area contributed by atoms with Gasteiger partial charge in [-0.1, -0.05) is 71.8 Å². The van der Waals surface area contributed by atoms with E-state index in [1.807, 2.05) is 26.0 Å². The van der Waals surface area contributed by atoms with Gasteiger partial charge in [0.25, 0.3) is 5.91 Å². The summed E-state index contributed by atoms with van der Waals surface area (Å²) in [6.07, 6.45) is 0.117. The van der Waals surface area contributed by atoms with Gasteiger partial charge in [-0.15, -0.1) is 0 Å². The second-order valence-electron chi connectivity index (χ2n) is 7.34. The average Bonchev–Trinajstić information content (AvgIpc) is 2.73. The van der Waals surface area contributed by atoms with Gasteiger partial charge in [0.05, 0.1) is 0 Å². The van der Waals surface area contributed by atoms with Gasteiger partial charge >= 0.3 is 5.97 Å². The lowest BCUT2D eigenvalue weighted by Crippen LogP contribution is -2.42. The van der Waals surface area contributed by atoms with Gasteiger partial charge in [0, 0.05) is 23.1 Å². The van der Waals surface area contributed by atoms with Crippen molar-refractivity contribution in [1.82, 2.24) is 5.32 Å². The van der Waals surface area contributed by atoms with Gasteiger partial charge in [-0.3, -0.25) is 9.59 Å². The van der Waals surface area contributed by atoms with Crippen LogP contribution in [0.3, 0.4) is 0 Å². The minimum absolute atomic E-state index is 0.0972. The molecule has 0 fully saturated rings. The molecule has 0 saturated heterocycles. The number of aryl methyl sites for hydroxylation is 2. The highest BCUT2D eigenvalue weighted by Gasteiger charge is 2.21. The second-order valence-corrected chi connectivity index (χ2v) is 7.34. The molecule has 152 valence electrons. The van der Waals surface area contributed by atoms with Gasteiger partial charge in [-0.2, -0.15) is 0 Å². The molecule has 0 aromatic heterocycles. The van der Waals surface area contributed by atoms with E-state index < -0.39 is 17.9 Å². The minimum atomic E-state index is -1.11. The summed E-state index contributed by atoms with van der Waals surface area (Å²) in [6, 6.07) is 20.1. The van der Waals surface area contributed by atoms with Crippen LogP contribution >= 0.6 is 0 Å². The Morgan fingerprint density at radius 1 is 0.800 bits per heavy atom. The third-order valence-electron chi connectivity index (χ3n) is 4.78. The Labute approximate surface area is 175 Å². The first kappa shape index (κ1) is 21.0. The smallest absolute Gasteiger partial charge is 0.326 e. The SMILES string of the molecule is Cc1cc(C)cc(C(=O)N[C@@H](Cc2ccc(C(=O)c3ccccc3)cc2)C(=O)O)c1. The Kier molecular flexibility index (Phi) is 6.42. The maximum Gasteiger partial charge on any atom is 0.326 e. The molecule has 5 heteroatoms. The fourth-order valence-corrected chi connectivity index (χ4v) is 3.33. The summed E-state index contributed by atoms with van der Waals surface area (Å²) in [4.78, 5) is 36.7. The molecule has 5 nitrogen and oxygen atoms in total. The zero-order valence-corrected chi connectivity index (χ0v) is 16.9. The molecule has 3 rings (SSSR count). The Morgan fingerprint density at radius 2 is 1.37 bits per heavy atom. The first-order valence-corrected chi connectivity index (χ1v) is 9.64. The summed E-state index contributed by atoms with van der Waals surface area (Å²) >= 11 is 0. The van der Waals surface area contributed by atoms with Crippen molar-refractivity contribution in [3.05, 3.63) is 106 Å². The molecule has 0 unspecified atom stereocenters. The first-order chi connectivity index (χ1) is 14.3. The van der Waals surface area contributed by atoms with Gasteiger partial charge < -0.3 is 10.4 Å². The number of carboxylic acids is 1. The minimum Gasteiger partial charge on any atom is -0.480 e. The Bertz CT molecular complexity index is 1050. The highest BCUT2D eigenvalue weighted by atomic mass is 16.4. The molecule has 30 heavy (non-hydrogen) atoms. The van der Waals surface area contributed by atoms with E-state index in [1.54, 1.807) is 60.7 Å². The summed E-state index contributed by atoms with van der Waals surface area (Å²) in [7, 11) is 0. The number of rotatable bonds is 7. The van der Waals surface area contributed by atoms with Crippen molar-refractivity contribution in [3.63, 3.8) is 0 Å². The van der Waals surface area contributed by atoms with Crippen LogP contribution in [0.5, 0.6) is 0 Å². The zero-order valence-electron chi connectivity index (χ0n) is 16.9. The number of aliphatic carboxylic acids is 1. The maximum atomic E-state index is 12.5. The van der Waals surface area contributed by atoms with Crippen molar-refractivity contribution in [2.24, 2.45) is 0 Å². The highest BCUT2D eigenvalue weighted by Crippen LogP contribution is 2.13. The number of nitrogens with one attached hydrogen (secondary N) is 1. The Hall–Kier alpha value is -3.73. The molecular formula is C25H23NO4. The van der Waals surface area contributed by atoms with Crippen LogP contribution in [0, 0.1) is 13.8 Å². The predicted octanol–water partition coefficient (Wildman–Crippen LogP) is 3.96. The van der Waals surface area contributed by atoms with Crippen molar-refractivity contribution < 1.29 is 19.5 Å². The summed E-state index contributed by atoms with van der Waals surface area (Å²) in [5.41, 5.74) is 4.14. The van der Waals surface area contributed by atoms with E-state index in [1.165, 1.54) is 0 Å². The van der Waals surface area contributed by atoms with E-state index in [4.69, 9.17) is 0 Å². The Balaban J connectivity index is 1.71. The van der Waals surface area contributed by atoms with Crippen LogP contribution in [0.2, 0.25) is 0 Å². The molecule has 0 aliphatic rings. The van der Waals surface area contributed by atoms with Crippen molar-refractivity contribution in [1.29, 1.82) is 0 Å². The molecule has 2 N–H and O–H groups in total. The van der Waals surface area contributed by atoms with Gasteiger partial charge in [0.15, 0.2) is 5.78 Å². The lowest BCUT2D eigenvalue weighted by atomic mass is 9.99. The van der Waals surface area contributed by atoms with Crippen LogP contribution in [-0.2, 0) is 11.2 Å². The zero-order chi connectivity index (χ0) is 21.7. The van der Waals surface area contributed by atoms with Crippen LogP contribution in [0.1, 0.15) is 43.0 Å². The quantitative estimate of drug-likeness (QED) is 0.587. The van der Waals surface area contributed by atoms with E-state index in [0.717, 1.165) is 11.1 Å². The molecule has 0 radical (unpaired) electrons. The number of amides is 1. The van der Waals surface area contributed by atoms with Crippen molar-refractivity contribution >= 4 is 17.7 Å². The molecule has 0 heterocycles. The molecule has 0 aliphatic carbocycles. The van der Waals surface area contributed by atoms with Crippen molar-refractivity contribution in [3.8, 4) is 0 Å². The van der Waals surface area contributed by atoms with Crippen molar-refractivity contribution in [2.45, 2.75) is 26.3 Å². The Morgan fingerprint density at radius 3 is 1.93 bits per heavy atom. The van der Waals surface area contributed by atoms with Crippen LogP contribution in [-0.4, -0.2) is 28.8 Å². The second kappa shape index (κ2) is 9.18. The van der Waals surface area contributed by atoms with Crippen LogP contribution in [0.25, 0.3) is 0 Å². The van der Waals surface area contributed by atoms with Crippen molar-refractivity contribution in [2.75, 3.05) is 0 Å². The van der Waals surface area contributed by atoms with E-state index in [-0.39, 0.29) is 12.2 Å². The topological polar surface area (TPSA) is 83.5 Å². The average molecular weight is 401 g/mol. The van der Waals surface area contributed by atoms with Gasteiger partial charge in [-0.05, 0) is 31.5 Å². The molecule has 0 aliphatic heterocycles.